The van der Waals surface area contributed by atoms with Crippen molar-refractivity contribution in [1.29, 1.82) is 0 Å². The van der Waals surface area contributed by atoms with E-state index < -0.39 is 0 Å². The largest absolute Gasteiger partial charge is 0.338 e. The molecule has 0 bridgehead atoms. The molecule has 0 unspecified atom stereocenters. The SMILES string of the molecule is Cc1cc(C(=O)N2C[C@@H]3CN(C)[C@@H](c4cccc(F)c4)[C@@H]3C2)c2ccccc2n1.Cl.Cl. The molecule has 1 aromatic heterocycles. The van der Waals surface area contributed by atoms with Crippen LogP contribution in [-0.2, 0) is 0 Å². The van der Waals surface area contributed by atoms with Crippen molar-refractivity contribution in [2.45, 2.75) is 13.0 Å². The third-order valence-corrected chi connectivity index (χ3v) is 6.45. The van der Waals surface area contributed by atoms with Crippen LogP contribution in [0.4, 0.5) is 4.39 Å². The average molecular weight is 462 g/mol. The van der Waals surface area contributed by atoms with Crippen LogP contribution in [0.25, 0.3) is 10.9 Å². The van der Waals surface area contributed by atoms with Gasteiger partial charge < -0.3 is 4.90 Å². The van der Waals surface area contributed by atoms with Crippen LogP contribution in [0, 0.1) is 24.6 Å². The summed E-state index contributed by atoms with van der Waals surface area (Å²) in [6.45, 7) is 4.29. The summed E-state index contributed by atoms with van der Waals surface area (Å²) in [4.78, 5) is 22.3. The molecule has 31 heavy (non-hydrogen) atoms. The van der Waals surface area contributed by atoms with Crippen LogP contribution >= 0.6 is 24.8 Å². The van der Waals surface area contributed by atoms with Gasteiger partial charge in [0.05, 0.1) is 11.1 Å². The Morgan fingerprint density at radius 2 is 1.81 bits per heavy atom. The van der Waals surface area contributed by atoms with Gasteiger partial charge >= 0.3 is 0 Å². The number of aromatic nitrogens is 1. The van der Waals surface area contributed by atoms with Crippen LogP contribution in [0.1, 0.15) is 27.7 Å². The highest BCUT2D eigenvalue weighted by Gasteiger charge is 2.47. The Balaban J connectivity index is 0.00000136. The molecule has 164 valence electrons. The zero-order valence-electron chi connectivity index (χ0n) is 17.5. The van der Waals surface area contributed by atoms with E-state index in [2.05, 4.69) is 16.9 Å². The maximum absolute atomic E-state index is 13.8. The first-order valence-electron chi connectivity index (χ1n) is 10.1. The molecule has 2 aromatic carbocycles. The summed E-state index contributed by atoms with van der Waals surface area (Å²) in [6.07, 6.45) is 0. The Morgan fingerprint density at radius 1 is 1.03 bits per heavy atom. The van der Waals surface area contributed by atoms with Crippen LogP contribution in [0.3, 0.4) is 0 Å². The lowest BCUT2D eigenvalue weighted by molar-refractivity contribution is 0.0769. The standard InChI is InChI=1S/C24H24FN3O.2ClH/c1-15-10-20(19-8-3-4-9-22(19)26-15)24(29)28-13-17-12-27(2)23(21(17)14-28)16-6-5-7-18(25)11-16;;/h3-11,17,21,23H,12-14H2,1-2H3;2*1H/t17-,21+,23-;;/m0../s1. The summed E-state index contributed by atoms with van der Waals surface area (Å²) in [7, 11) is 2.10. The third kappa shape index (κ3) is 4.14. The van der Waals surface area contributed by atoms with Gasteiger partial charge in [0.25, 0.3) is 5.91 Å². The number of carbonyl (C=O) groups is 1. The fraction of sp³-hybridized carbons (Fsp3) is 0.333. The fourth-order valence-electron chi connectivity index (χ4n) is 5.27. The molecule has 3 atom stereocenters. The van der Waals surface area contributed by atoms with E-state index in [9.17, 15) is 9.18 Å². The Morgan fingerprint density at radius 3 is 2.58 bits per heavy atom. The Hall–Kier alpha value is -2.21. The monoisotopic (exact) mass is 461 g/mol. The van der Waals surface area contributed by atoms with Crippen molar-refractivity contribution in [1.82, 2.24) is 14.8 Å². The van der Waals surface area contributed by atoms with Gasteiger partial charge in [0.1, 0.15) is 5.82 Å². The molecule has 2 saturated heterocycles. The minimum absolute atomic E-state index is 0. The fourth-order valence-corrected chi connectivity index (χ4v) is 5.27. The first-order chi connectivity index (χ1) is 14.0. The molecule has 0 saturated carbocycles. The Bertz CT molecular complexity index is 1110. The molecule has 2 fully saturated rings. The molecule has 0 N–H and O–H groups in total. The van der Waals surface area contributed by atoms with E-state index in [-0.39, 0.29) is 42.6 Å². The number of benzene rings is 2. The topological polar surface area (TPSA) is 36.4 Å². The van der Waals surface area contributed by atoms with Gasteiger partial charge in [0.15, 0.2) is 0 Å². The van der Waals surface area contributed by atoms with Gasteiger partial charge in [-0.1, -0.05) is 30.3 Å². The van der Waals surface area contributed by atoms with E-state index in [1.807, 2.05) is 48.2 Å². The molecule has 0 spiro atoms. The van der Waals surface area contributed by atoms with E-state index in [1.54, 1.807) is 12.1 Å². The molecule has 5 rings (SSSR count). The molecule has 0 aliphatic carbocycles. The number of fused-ring (bicyclic) bond motifs is 2. The van der Waals surface area contributed by atoms with Crippen molar-refractivity contribution in [3.05, 3.63) is 77.2 Å². The van der Waals surface area contributed by atoms with Crippen molar-refractivity contribution in [2.24, 2.45) is 11.8 Å². The van der Waals surface area contributed by atoms with Gasteiger partial charge in [-0.2, -0.15) is 0 Å². The number of amides is 1. The quantitative estimate of drug-likeness (QED) is 0.544. The molecule has 2 aliphatic rings. The van der Waals surface area contributed by atoms with E-state index in [0.717, 1.165) is 40.8 Å². The van der Waals surface area contributed by atoms with Gasteiger partial charge in [0, 0.05) is 42.7 Å². The lowest BCUT2D eigenvalue weighted by Gasteiger charge is -2.27. The van der Waals surface area contributed by atoms with E-state index >= 15 is 0 Å². The first kappa shape index (κ1) is 23.5. The first-order valence-corrected chi connectivity index (χ1v) is 10.1. The molecule has 2 aliphatic heterocycles. The lowest BCUT2D eigenvalue weighted by Crippen LogP contribution is -2.33. The molecule has 1 amide bonds. The highest BCUT2D eigenvalue weighted by molar-refractivity contribution is 6.06. The second-order valence-electron chi connectivity index (χ2n) is 8.40. The van der Waals surface area contributed by atoms with Gasteiger partial charge in [-0.25, -0.2) is 4.39 Å². The Kier molecular flexibility index (Phi) is 6.89. The highest BCUT2D eigenvalue weighted by Crippen LogP contribution is 2.44. The summed E-state index contributed by atoms with van der Waals surface area (Å²) in [5.74, 6) is 0.595. The van der Waals surface area contributed by atoms with Crippen LogP contribution in [0.2, 0.25) is 0 Å². The predicted molar refractivity (Wildman–Crippen MR) is 126 cm³/mol. The van der Waals surface area contributed by atoms with Crippen molar-refractivity contribution in [3.8, 4) is 0 Å². The molecule has 7 heteroatoms. The number of rotatable bonds is 2. The highest BCUT2D eigenvalue weighted by atomic mass is 35.5. The maximum atomic E-state index is 13.8. The molecule has 3 aromatic rings. The van der Waals surface area contributed by atoms with E-state index in [0.29, 0.717) is 18.4 Å². The summed E-state index contributed by atoms with van der Waals surface area (Å²) in [5, 5.41) is 0.902. The van der Waals surface area contributed by atoms with Crippen LogP contribution < -0.4 is 0 Å². The van der Waals surface area contributed by atoms with E-state index in [1.165, 1.54) is 6.07 Å². The third-order valence-electron chi connectivity index (χ3n) is 6.45. The summed E-state index contributed by atoms with van der Waals surface area (Å²) in [6, 6.07) is 16.7. The van der Waals surface area contributed by atoms with Crippen LogP contribution in [0.5, 0.6) is 0 Å². The number of halogens is 3. The van der Waals surface area contributed by atoms with Gasteiger partial charge in [-0.3, -0.25) is 14.7 Å². The van der Waals surface area contributed by atoms with Crippen molar-refractivity contribution < 1.29 is 9.18 Å². The van der Waals surface area contributed by atoms with Gasteiger partial charge in [-0.15, -0.1) is 24.8 Å². The average Bonchev–Trinajstić information content (AvgIpc) is 3.23. The number of pyridine rings is 1. The van der Waals surface area contributed by atoms with Crippen molar-refractivity contribution >= 4 is 41.6 Å². The second-order valence-corrected chi connectivity index (χ2v) is 8.40. The summed E-state index contributed by atoms with van der Waals surface area (Å²) >= 11 is 0. The minimum atomic E-state index is -0.205. The number of aryl methyl sites for hydroxylation is 1. The number of hydrogen-bond acceptors (Lipinski definition) is 3. The zero-order valence-corrected chi connectivity index (χ0v) is 19.1. The number of carbonyl (C=O) groups excluding carboxylic acids is 1. The predicted octanol–water partition coefficient (Wildman–Crippen LogP) is 4.90. The van der Waals surface area contributed by atoms with Crippen LogP contribution in [-0.4, -0.2) is 47.4 Å². The van der Waals surface area contributed by atoms with Crippen molar-refractivity contribution in [3.63, 3.8) is 0 Å². The second kappa shape index (κ2) is 9.11. The Labute approximate surface area is 194 Å². The number of nitrogens with zero attached hydrogens (tertiary/aromatic N) is 3. The van der Waals surface area contributed by atoms with Crippen LogP contribution in [0.15, 0.2) is 54.6 Å². The smallest absolute Gasteiger partial charge is 0.254 e. The number of para-hydroxylation sites is 1. The van der Waals surface area contributed by atoms with Gasteiger partial charge in [0.2, 0.25) is 0 Å². The minimum Gasteiger partial charge on any atom is -0.338 e. The zero-order chi connectivity index (χ0) is 20.1. The van der Waals surface area contributed by atoms with E-state index in [4.69, 9.17) is 0 Å². The number of likely N-dealkylation sites (tertiary alicyclic amines) is 2. The van der Waals surface area contributed by atoms with Gasteiger partial charge in [-0.05, 0) is 49.7 Å². The lowest BCUT2D eigenvalue weighted by atomic mass is 9.89. The molecule has 4 nitrogen and oxygen atoms in total. The molecular weight excluding hydrogens is 436 g/mol. The summed E-state index contributed by atoms with van der Waals surface area (Å²) < 4.78 is 13.8. The molecule has 3 heterocycles. The normalized spacial score (nSPS) is 22.7. The summed E-state index contributed by atoms with van der Waals surface area (Å²) in [5.41, 5.74) is 3.43. The number of hydrogen-bond donors (Lipinski definition) is 0. The molecule has 0 radical (unpaired) electrons. The van der Waals surface area contributed by atoms with Crippen molar-refractivity contribution in [2.75, 3.05) is 26.7 Å². The molecular formula is C24H26Cl2FN3O. The maximum Gasteiger partial charge on any atom is 0.254 e.